The second-order valence-corrected chi connectivity index (χ2v) is 9.08. The minimum Gasteiger partial charge on any atom is -0.339 e. The molecule has 3 aromatic carbocycles. The van der Waals surface area contributed by atoms with Crippen LogP contribution in [-0.2, 0) is 11.0 Å². The SMILES string of the molecule is C=CC(=O)N1CCC(c2cc(-c3ccc(NC(=O)c4ccccc4)cc3C(F)(F)F)cc3cncnc23)C1. The van der Waals surface area contributed by atoms with Crippen molar-refractivity contribution < 1.29 is 22.8 Å². The lowest BCUT2D eigenvalue weighted by atomic mass is 9.90. The summed E-state index contributed by atoms with van der Waals surface area (Å²) in [5, 5.41) is 3.15. The van der Waals surface area contributed by atoms with E-state index < -0.39 is 17.6 Å². The molecule has 1 aliphatic rings. The smallest absolute Gasteiger partial charge is 0.339 e. The lowest BCUT2D eigenvalue weighted by Crippen LogP contribution is -2.26. The summed E-state index contributed by atoms with van der Waals surface area (Å²) >= 11 is 0. The molecule has 1 aliphatic heterocycles. The number of carbonyl (C=O) groups excluding carboxylic acids is 2. The number of rotatable bonds is 5. The number of carbonyl (C=O) groups is 2. The minimum atomic E-state index is -4.67. The lowest BCUT2D eigenvalue weighted by molar-refractivity contribution is -0.137. The molecule has 4 aromatic rings. The summed E-state index contributed by atoms with van der Waals surface area (Å²) in [6, 6.07) is 15.4. The third kappa shape index (κ3) is 5.00. The number of likely N-dealkylation sites (tertiary alicyclic amines) is 1. The second-order valence-electron chi connectivity index (χ2n) is 9.08. The largest absolute Gasteiger partial charge is 0.417 e. The fourth-order valence-corrected chi connectivity index (χ4v) is 4.84. The van der Waals surface area contributed by atoms with Crippen LogP contribution in [0.4, 0.5) is 18.9 Å². The van der Waals surface area contributed by atoms with Crippen molar-refractivity contribution in [3.8, 4) is 11.1 Å². The highest BCUT2D eigenvalue weighted by Gasteiger charge is 2.35. The summed E-state index contributed by atoms with van der Waals surface area (Å²) in [6.07, 6.45) is 0.203. The number of anilines is 1. The van der Waals surface area contributed by atoms with Crippen molar-refractivity contribution in [2.75, 3.05) is 18.4 Å². The van der Waals surface area contributed by atoms with E-state index in [-0.39, 0.29) is 23.1 Å². The van der Waals surface area contributed by atoms with Crippen LogP contribution in [0.25, 0.3) is 22.0 Å². The van der Waals surface area contributed by atoms with Crippen LogP contribution in [0.1, 0.15) is 33.8 Å². The van der Waals surface area contributed by atoms with Crippen LogP contribution < -0.4 is 5.32 Å². The molecule has 1 saturated heterocycles. The number of alkyl halides is 3. The van der Waals surface area contributed by atoms with Crippen molar-refractivity contribution in [1.82, 2.24) is 14.9 Å². The van der Waals surface area contributed by atoms with E-state index in [0.717, 1.165) is 11.6 Å². The van der Waals surface area contributed by atoms with Gasteiger partial charge in [-0.05, 0) is 65.6 Å². The highest BCUT2D eigenvalue weighted by molar-refractivity contribution is 6.04. The molecule has 5 rings (SSSR count). The van der Waals surface area contributed by atoms with E-state index in [0.29, 0.717) is 41.5 Å². The number of fused-ring (bicyclic) bond motifs is 1. The Kier molecular flexibility index (Phi) is 6.67. The number of aromatic nitrogens is 2. The Morgan fingerprint density at radius 2 is 1.87 bits per heavy atom. The fraction of sp³-hybridized carbons (Fsp3) is 0.172. The van der Waals surface area contributed by atoms with Crippen molar-refractivity contribution in [3.63, 3.8) is 0 Å². The van der Waals surface area contributed by atoms with Gasteiger partial charge in [0.15, 0.2) is 0 Å². The molecule has 192 valence electrons. The Morgan fingerprint density at radius 3 is 2.61 bits per heavy atom. The standard InChI is InChI=1S/C29H23F3N4O2/c1-2-26(37)36-11-10-19(16-36)24-13-20(12-21-15-33-17-34-27(21)24)23-9-8-22(14-25(23)29(30,31)32)35-28(38)18-6-4-3-5-7-18/h2-9,12-15,17,19H,1,10-11,16H2,(H,35,38). The van der Waals surface area contributed by atoms with Gasteiger partial charge in [0.1, 0.15) is 6.33 Å². The number of amides is 2. The third-order valence-electron chi connectivity index (χ3n) is 6.68. The van der Waals surface area contributed by atoms with Crippen LogP contribution in [0.3, 0.4) is 0 Å². The molecule has 6 nitrogen and oxygen atoms in total. The first-order valence-corrected chi connectivity index (χ1v) is 12.0. The van der Waals surface area contributed by atoms with E-state index in [1.807, 2.05) is 0 Å². The van der Waals surface area contributed by atoms with Gasteiger partial charge in [-0.15, -0.1) is 0 Å². The molecule has 0 bridgehead atoms. The predicted molar refractivity (Wildman–Crippen MR) is 139 cm³/mol. The molecule has 1 N–H and O–H groups in total. The zero-order valence-corrected chi connectivity index (χ0v) is 20.2. The summed E-state index contributed by atoms with van der Waals surface area (Å²) in [7, 11) is 0. The van der Waals surface area contributed by atoms with Crippen LogP contribution >= 0.6 is 0 Å². The summed E-state index contributed by atoms with van der Waals surface area (Å²) in [5.74, 6) is -0.790. The van der Waals surface area contributed by atoms with E-state index in [1.165, 1.54) is 24.5 Å². The van der Waals surface area contributed by atoms with Gasteiger partial charge in [0.05, 0.1) is 11.1 Å². The first-order chi connectivity index (χ1) is 18.2. The summed E-state index contributed by atoms with van der Waals surface area (Å²) < 4.78 is 42.8. The molecule has 0 spiro atoms. The van der Waals surface area contributed by atoms with Gasteiger partial charge in [-0.25, -0.2) is 9.97 Å². The Labute approximate surface area is 216 Å². The van der Waals surface area contributed by atoms with E-state index in [9.17, 15) is 22.8 Å². The van der Waals surface area contributed by atoms with Gasteiger partial charge in [0.25, 0.3) is 5.91 Å². The van der Waals surface area contributed by atoms with Crippen molar-refractivity contribution in [2.24, 2.45) is 0 Å². The van der Waals surface area contributed by atoms with Crippen LogP contribution in [0.15, 0.2) is 85.8 Å². The first-order valence-electron chi connectivity index (χ1n) is 12.0. The predicted octanol–water partition coefficient (Wildman–Crippen LogP) is 6.07. The van der Waals surface area contributed by atoms with Gasteiger partial charge < -0.3 is 10.2 Å². The Morgan fingerprint density at radius 1 is 1.08 bits per heavy atom. The highest BCUT2D eigenvalue weighted by Crippen LogP contribution is 2.41. The Balaban J connectivity index is 1.56. The molecule has 2 heterocycles. The molecule has 0 saturated carbocycles. The van der Waals surface area contributed by atoms with E-state index in [2.05, 4.69) is 21.9 Å². The lowest BCUT2D eigenvalue weighted by Gasteiger charge is -2.19. The summed E-state index contributed by atoms with van der Waals surface area (Å²) in [6.45, 7) is 4.48. The zero-order valence-electron chi connectivity index (χ0n) is 20.2. The van der Waals surface area contributed by atoms with Gasteiger partial charge >= 0.3 is 6.18 Å². The normalized spacial score (nSPS) is 15.4. The van der Waals surface area contributed by atoms with Gasteiger partial charge in [0.2, 0.25) is 5.91 Å². The first kappa shape index (κ1) is 25.1. The maximum atomic E-state index is 14.3. The fourth-order valence-electron chi connectivity index (χ4n) is 4.84. The molecule has 9 heteroatoms. The number of hydrogen-bond donors (Lipinski definition) is 1. The minimum absolute atomic E-state index is 0.0285. The molecule has 1 fully saturated rings. The molecule has 0 aliphatic carbocycles. The van der Waals surface area contributed by atoms with Crippen LogP contribution in [0.5, 0.6) is 0 Å². The van der Waals surface area contributed by atoms with Gasteiger partial charge in [-0.1, -0.05) is 30.8 Å². The Hall–Kier alpha value is -4.53. The third-order valence-corrected chi connectivity index (χ3v) is 6.68. The van der Waals surface area contributed by atoms with Crippen LogP contribution in [-0.4, -0.2) is 39.8 Å². The monoisotopic (exact) mass is 516 g/mol. The zero-order chi connectivity index (χ0) is 26.9. The van der Waals surface area contributed by atoms with Crippen molar-refractivity contribution in [3.05, 3.63) is 103 Å². The number of halogens is 3. The number of nitrogens with one attached hydrogen (secondary N) is 1. The summed E-state index contributed by atoms with van der Waals surface area (Å²) in [4.78, 5) is 34.8. The summed E-state index contributed by atoms with van der Waals surface area (Å²) in [5.41, 5.74) is 1.22. The molecular weight excluding hydrogens is 493 g/mol. The van der Waals surface area contributed by atoms with E-state index in [4.69, 9.17) is 0 Å². The average molecular weight is 517 g/mol. The average Bonchev–Trinajstić information content (AvgIpc) is 3.42. The highest BCUT2D eigenvalue weighted by atomic mass is 19.4. The van der Waals surface area contributed by atoms with E-state index in [1.54, 1.807) is 53.6 Å². The van der Waals surface area contributed by atoms with Gasteiger partial charge in [0, 0.05) is 41.8 Å². The van der Waals surface area contributed by atoms with Crippen molar-refractivity contribution in [1.29, 1.82) is 0 Å². The molecule has 1 unspecified atom stereocenters. The van der Waals surface area contributed by atoms with E-state index >= 15 is 0 Å². The van der Waals surface area contributed by atoms with Gasteiger partial charge in [-0.2, -0.15) is 13.2 Å². The molecule has 0 radical (unpaired) electrons. The van der Waals surface area contributed by atoms with Crippen LogP contribution in [0.2, 0.25) is 0 Å². The maximum Gasteiger partial charge on any atom is 0.417 e. The van der Waals surface area contributed by atoms with Crippen molar-refractivity contribution in [2.45, 2.75) is 18.5 Å². The molecular formula is C29H23F3N4O2. The molecule has 1 aromatic heterocycles. The Bertz CT molecular complexity index is 1540. The van der Waals surface area contributed by atoms with Crippen molar-refractivity contribution >= 4 is 28.4 Å². The molecule has 2 amide bonds. The number of hydrogen-bond acceptors (Lipinski definition) is 4. The quantitative estimate of drug-likeness (QED) is 0.327. The van der Waals surface area contributed by atoms with Crippen LogP contribution in [0, 0.1) is 0 Å². The van der Waals surface area contributed by atoms with Gasteiger partial charge in [-0.3, -0.25) is 9.59 Å². The topological polar surface area (TPSA) is 75.2 Å². The second kappa shape index (κ2) is 10.1. The number of benzene rings is 3. The molecule has 38 heavy (non-hydrogen) atoms. The number of nitrogens with zero attached hydrogens (tertiary/aromatic N) is 3. The maximum absolute atomic E-state index is 14.3. The molecule has 1 atom stereocenters.